The third-order valence-corrected chi connectivity index (χ3v) is 5.16. The van der Waals surface area contributed by atoms with E-state index in [-0.39, 0.29) is 6.04 Å². The second-order valence-electron chi connectivity index (χ2n) is 7.96. The predicted molar refractivity (Wildman–Crippen MR) is 108 cm³/mol. The maximum atomic E-state index is 8.48. The van der Waals surface area contributed by atoms with E-state index >= 15 is 0 Å². The molecule has 0 aromatic heterocycles. The van der Waals surface area contributed by atoms with Crippen LogP contribution < -0.4 is 5.73 Å². The number of nitrogens with two attached hydrogens (primary N) is 1. The van der Waals surface area contributed by atoms with Gasteiger partial charge >= 0.3 is 0 Å². The number of amidine groups is 2. The number of hydrogen-bond donors (Lipinski definition) is 3. The molecule has 0 saturated heterocycles. The van der Waals surface area contributed by atoms with Gasteiger partial charge in [0.1, 0.15) is 17.5 Å². The summed E-state index contributed by atoms with van der Waals surface area (Å²) in [6, 6.07) is -0.0448. The van der Waals surface area contributed by atoms with Crippen molar-refractivity contribution in [3.8, 4) is 0 Å². The summed E-state index contributed by atoms with van der Waals surface area (Å²) in [6.07, 6.45) is 4.06. The van der Waals surface area contributed by atoms with Crippen LogP contribution >= 0.6 is 0 Å². The smallest absolute Gasteiger partial charge is 0.129 e. The number of hydrogen-bond acceptors (Lipinski definition) is 3. The molecule has 5 nitrogen and oxygen atoms in total. The normalized spacial score (nSPS) is 19.8. The minimum Gasteiger partial charge on any atom is -0.326 e. The average Bonchev–Trinajstić information content (AvgIpc) is 2.60. The van der Waals surface area contributed by atoms with Crippen molar-refractivity contribution < 1.29 is 0 Å². The molecule has 5 heteroatoms. The molecule has 1 rings (SSSR count). The lowest BCUT2D eigenvalue weighted by Crippen LogP contribution is -2.46. The molecule has 1 aliphatic rings. The molecular weight excluding hydrogens is 310 g/mol. The number of nitrogens with one attached hydrogen (secondary N) is 2. The van der Waals surface area contributed by atoms with Crippen molar-refractivity contribution in [3.63, 3.8) is 0 Å². The quantitative estimate of drug-likeness (QED) is 0.620. The topological polar surface area (TPSA) is 80.2 Å². The van der Waals surface area contributed by atoms with E-state index in [4.69, 9.17) is 16.6 Å². The number of rotatable bonds is 8. The minimum atomic E-state index is -0.0448. The molecule has 1 aliphatic heterocycles. The summed E-state index contributed by atoms with van der Waals surface area (Å²) in [6.45, 7) is 18.3. The van der Waals surface area contributed by atoms with Crippen LogP contribution in [-0.4, -0.2) is 40.6 Å². The van der Waals surface area contributed by atoms with E-state index in [1.54, 1.807) is 6.08 Å². The maximum Gasteiger partial charge on any atom is 0.129 e. The van der Waals surface area contributed by atoms with E-state index in [0.717, 1.165) is 18.5 Å². The van der Waals surface area contributed by atoms with Gasteiger partial charge in [0.2, 0.25) is 0 Å². The summed E-state index contributed by atoms with van der Waals surface area (Å²) >= 11 is 0. The van der Waals surface area contributed by atoms with Gasteiger partial charge < -0.3 is 15.5 Å². The van der Waals surface area contributed by atoms with Crippen LogP contribution in [0.4, 0.5) is 0 Å². The van der Waals surface area contributed by atoms with Crippen molar-refractivity contribution in [2.45, 2.75) is 60.4 Å². The molecule has 1 heterocycles. The highest BCUT2D eigenvalue weighted by Gasteiger charge is 2.28. The van der Waals surface area contributed by atoms with Crippen LogP contribution in [0.25, 0.3) is 0 Å². The molecule has 0 amide bonds. The second kappa shape index (κ2) is 9.18. The third-order valence-electron chi connectivity index (χ3n) is 5.16. The van der Waals surface area contributed by atoms with Gasteiger partial charge in [-0.15, -0.1) is 0 Å². The first-order valence-electron chi connectivity index (χ1n) is 9.43. The van der Waals surface area contributed by atoms with Gasteiger partial charge in [-0.25, -0.2) is 0 Å². The van der Waals surface area contributed by atoms with Gasteiger partial charge in [0, 0.05) is 19.1 Å². The Kier molecular flexibility index (Phi) is 7.87. The Balaban J connectivity index is 3.01. The van der Waals surface area contributed by atoms with Gasteiger partial charge in [-0.05, 0) is 42.7 Å². The first-order chi connectivity index (χ1) is 11.6. The van der Waals surface area contributed by atoms with Crippen LogP contribution in [0.2, 0.25) is 0 Å². The molecule has 3 unspecified atom stereocenters. The Hall–Kier alpha value is -1.62. The summed E-state index contributed by atoms with van der Waals surface area (Å²) in [5.74, 6) is 2.94. The first kappa shape index (κ1) is 21.4. The Morgan fingerprint density at radius 3 is 2.20 bits per heavy atom. The van der Waals surface area contributed by atoms with E-state index in [1.807, 2.05) is 16.7 Å². The second-order valence-corrected chi connectivity index (χ2v) is 7.96. The largest absolute Gasteiger partial charge is 0.326 e. The summed E-state index contributed by atoms with van der Waals surface area (Å²) < 4.78 is 0. The van der Waals surface area contributed by atoms with Gasteiger partial charge in [-0.3, -0.25) is 10.8 Å². The van der Waals surface area contributed by atoms with Crippen molar-refractivity contribution in [3.05, 3.63) is 24.0 Å². The molecule has 0 aromatic carbocycles. The molecule has 0 bridgehead atoms. The van der Waals surface area contributed by atoms with Gasteiger partial charge in [0.05, 0.1) is 0 Å². The lowest BCUT2D eigenvalue weighted by Gasteiger charge is -2.36. The van der Waals surface area contributed by atoms with Gasteiger partial charge in [-0.2, -0.15) is 0 Å². The SMILES string of the molecule is C=C1N(CC(C)CC(C)CC)C(=N)C=C(C)C(=N)N1CC(N)C(C)C. The molecule has 0 fully saturated rings. The van der Waals surface area contributed by atoms with Crippen LogP contribution in [0, 0.1) is 28.6 Å². The van der Waals surface area contributed by atoms with E-state index in [0.29, 0.717) is 41.8 Å². The first-order valence-corrected chi connectivity index (χ1v) is 9.43. The summed E-state index contributed by atoms with van der Waals surface area (Å²) in [5, 5.41) is 16.9. The fourth-order valence-corrected chi connectivity index (χ4v) is 3.04. The Bertz CT molecular complexity index is 534. The predicted octanol–water partition coefficient (Wildman–Crippen LogP) is 4.03. The highest BCUT2D eigenvalue weighted by molar-refractivity contribution is 6.06. The highest BCUT2D eigenvalue weighted by atomic mass is 15.4. The van der Waals surface area contributed by atoms with Crippen LogP contribution in [0.15, 0.2) is 24.0 Å². The van der Waals surface area contributed by atoms with Crippen LogP contribution in [0.3, 0.4) is 0 Å². The van der Waals surface area contributed by atoms with Crippen LogP contribution in [-0.2, 0) is 0 Å². The summed E-state index contributed by atoms with van der Waals surface area (Å²) in [4.78, 5) is 3.80. The van der Waals surface area contributed by atoms with Crippen molar-refractivity contribution in [1.82, 2.24) is 9.80 Å². The van der Waals surface area contributed by atoms with Crippen molar-refractivity contribution in [2.24, 2.45) is 23.5 Å². The average molecular weight is 348 g/mol. The van der Waals surface area contributed by atoms with Crippen molar-refractivity contribution >= 4 is 11.7 Å². The fourth-order valence-electron chi connectivity index (χ4n) is 3.04. The van der Waals surface area contributed by atoms with Crippen LogP contribution in [0.5, 0.6) is 0 Å². The molecule has 142 valence electrons. The molecular formula is C20H37N5. The monoisotopic (exact) mass is 347 g/mol. The summed E-state index contributed by atoms with van der Waals surface area (Å²) in [7, 11) is 0. The Morgan fingerprint density at radius 2 is 1.68 bits per heavy atom. The zero-order valence-corrected chi connectivity index (χ0v) is 16.9. The molecule has 3 atom stereocenters. The molecule has 4 N–H and O–H groups in total. The van der Waals surface area contributed by atoms with E-state index in [9.17, 15) is 0 Å². The Morgan fingerprint density at radius 1 is 1.08 bits per heavy atom. The third kappa shape index (κ3) is 5.70. The standard InChI is InChI=1S/C20H37N5/c1-8-14(4)9-15(5)11-24-17(7)25(12-18(21)13(2)3)20(23)16(6)10-19(24)22/h10,13-15,18,22-23H,7-9,11-12,21H2,1-6H3. The molecule has 0 saturated carbocycles. The van der Waals surface area contributed by atoms with Crippen molar-refractivity contribution in [1.29, 1.82) is 10.8 Å². The van der Waals surface area contributed by atoms with E-state index < -0.39 is 0 Å². The highest BCUT2D eigenvalue weighted by Crippen LogP contribution is 2.23. The minimum absolute atomic E-state index is 0.0448. The molecule has 0 aliphatic carbocycles. The van der Waals surface area contributed by atoms with Crippen molar-refractivity contribution in [2.75, 3.05) is 13.1 Å². The zero-order chi connectivity index (χ0) is 19.3. The van der Waals surface area contributed by atoms with Crippen LogP contribution in [0.1, 0.15) is 54.4 Å². The molecule has 25 heavy (non-hydrogen) atoms. The van der Waals surface area contributed by atoms with E-state index in [1.165, 1.54) is 6.42 Å². The lowest BCUT2D eigenvalue weighted by atomic mass is 9.95. The van der Waals surface area contributed by atoms with Gasteiger partial charge in [-0.1, -0.05) is 47.6 Å². The molecule has 0 radical (unpaired) electrons. The lowest BCUT2D eigenvalue weighted by molar-refractivity contribution is 0.282. The van der Waals surface area contributed by atoms with E-state index in [2.05, 4.69) is 41.2 Å². The van der Waals surface area contributed by atoms with Gasteiger partial charge in [0.25, 0.3) is 0 Å². The molecule has 0 aromatic rings. The van der Waals surface area contributed by atoms with Gasteiger partial charge in [0.15, 0.2) is 0 Å². The Labute approximate surface area is 154 Å². The maximum absolute atomic E-state index is 8.48. The fraction of sp³-hybridized carbons (Fsp3) is 0.700. The zero-order valence-electron chi connectivity index (χ0n) is 16.9. The number of nitrogens with zero attached hydrogens (tertiary/aromatic N) is 2. The summed E-state index contributed by atoms with van der Waals surface area (Å²) in [5.41, 5.74) is 7.04. The molecule has 0 spiro atoms.